The second-order valence-electron chi connectivity index (χ2n) is 8.52. The molecule has 2 heterocycles. The Balaban J connectivity index is 1.74. The van der Waals surface area contributed by atoms with Crippen LogP contribution in [-0.4, -0.2) is 32.8 Å². The lowest BCUT2D eigenvalue weighted by Crippen LogP contribution is -2.43. The molecule has 1 N–H and O–H groups in total. The molecule has 0 unspecified atom stereocenters. The van der Waals surface area contributed by atoms with Crippen LogP contribution in [0.2, 0.25) is 0 Å². The number of aromatic carboxylic acids is 1. The number of rotatable bonds is 5. The number of carbonyl (C=O) groups is 2. The predicted octanol–water partition coefficient (Wildman–Crippen LogP) is 4.84. The van der Waals surface area contributed by atoms with Gasteiger partial charge in [0.1, 0.15) is 11.8 Å². The Morgan fingerprint density at radius 1 is 1.20 bits per heavy atom. The minimum absolute atomic E-state index is 0.0171. The lowest BCUT2D eigenvalue weighted by molar-refractivity contribution is -0.123. The molecule has 0 bridgehead atoms. The van der Waals surface area contributed by atoms with Gasteiger partial charge in [-0.3, -0.25) is 9.69 Å². The first-order valence-electron chi connectivity index (χ1n) is 10.5. The summed E-state index contributed by atoms with van der Waals surface area (Å²) in [6.07, 6.45) is 8.39. The normalized spacial score (nSPS) is 19.3. The molecule has 7 nitrogen and oxygen atoms in total. The largest absolute Gasteiger partial charge is 0.477 e. The molecule has 30 heavy (non-hydrogen) atoms. The van der Waals surface area contributed by atoms with Crippen LogP contribution in [0, 0.1) is 11.8 Å². The Labute approximate surface area is 175 Å². The van der Waals surface area contributed by atoms with E-state index < -0.39 is 5.97 Å². The Morgan fingerprint density at radius 3 is 2.60 bits per heavy atom. The molecular weight excluding hydrogens is 382 g/mol. The Hall–Kier alpha value is -3.09. The predicted molar refractivity (Wildman–Crippen MR) is 113 cm³/mol. The molecule has 158 valence electrons. The summed E-state index contributed by atoms with van der Waals surface area (Å²) in [6.45, 7) is 6.00. The molecule has 0 aromatic carbocycles. The van der Waals surface area contributed by atoms with Crippen molar-refractivity contribution in [1.29, 1.82) is 0 Å². The van der Waals surface area contributed by atoms with Gasteiger partial charge in [0.25, 0.3) is 0 Å². The van der Waals surface area contributed by atoms with E-state index in [4.69, 9.17) is 4.42 Å². The number of carbonyl (C=O) groups excluding carboxylic acids is 1. The third kappa shape index (κ3) is 3.60. The maximum atomic E-state index is 13.4. The van der Waals surface area contributed by atoms with Crippen molar-refractivity contribution in [2.24, 2.45) is 11.8 Å². The second-order valence-corrected chi connectivity index (χ2v) is 8.52. The molecule has 7 heteroatoms. The quantitative estimate of drug-likeness (QED) is 0.652. The van der Waals surface area contributed by atoms with Gasteiger partial charge in [0, 0.05) is 23.7 Å². The van der Waals surface area contributed by atoms with Crippen molar-refractivity contribution in [1.82, 2.24) is 9.78 Å². The fourth-order valence-corrected chi connectivity index (χ4v) is 4.31. The number of fused-ring (bicyclic) bond motifs is 1. The van der Waals surface area contributed by atoms with E-state index >= 15 is 0 Å². The third-order valence-corrected chi connectivity index (χ3v) is 6.04. The molecule has 1 aromatic heterocycles. The van der Waals surface area contributed by atoms with Crippen LogP contribution in [0.5, 0.6) is 0 Å². The fourth-order valence-electron chi connectivity index (χ4n) is 4.31. The van der Waals surface area contributed by atoms with Crippen molar-refractivity contribution in [3.8, 4) is 16.8 Å². The lowest BCUT2D eigenvalue weighted by atomic mass is 9.82. The number of hydrogen-bond acceptors (Lipinski definition) is 4. The zero-order chi connectivity index (χ0) is 21.4. The van der Waals surface area contributed by atoms with Gasteiger partial charge in [0.15, 0.2) is 5.82 Å². The molecular formula is C23H27N3O4. The van der Waals surface area contributed by atoms with E-state index in [9.17, 15) is 14.7 Å². The molecule has 0 atom stereocenters. The highest BCUT2D eigenvalue weighted by molar-refractivity contribution is 6.02. The summed E-state index contributed by atoms with van der Waals surface area (Å²) >= 11 is 0. The first-order valence-corrected chi connectivity index (χ1v) is 10.5. The van der Waals surface area contributed by atoms with E-state index in [1.54, 1.807) is 17.4 Å². The zero-order valence-electron chi connectivity index (χ0n) is 17.5. The standard InChI is InChI=1S/C23H27N3O4/c1-14(2)26(22(27)17-6-4-15(3)5-7-17)21-18(23(28)29)12-25(24-21)20-9-8-16-10-11-30-13-19(16)20/h8-15,17H,4-7H2,1-3H3,(H,28,29). The van der Waals surface area contributed by atoms with Crippen molar-refractivity contribution in [3.05, 3.63) is 42.5 Å². The number of hydrogen-bond donors (Lipinski definition) is 1. The Kier molecular flexibility index (Phi) is 5.37. The average Bonchev–Trinajstić information content (AvgIpc) is 3.32. The molecule has 1 saturated carbocycles. The summed E-state index contributed by atoms with van der Waals surface area (Å²) in [6, 6.07) is 5.43. The molecule has 1 amide bonds. The van der Waals surface area contributed by atoms with Gasteiger partial charge in [-0.1, -0.05) is 13.0 Å². The molecule has 1 fully saturated rings. The van der Waals surface area contributed by atoms with Crippen molar-refractivity contribution < 1.29 is 19.1 Å². The van der Waals surface area contributed by atoms with Crippen LogP contribution in [0.15, 0.2) is 41.3 Å². The minimum atomic E-state index is -1.10. The van der Waals surface area contributed by atoms with Crippen molar-refractivity contribution in [3.63, 3.8) is 0 Å². The van der Waals surface area contributed by atoms with Crippen LogP contribution in [-0.2, 0) is 4.79 Å². The molecule has 0 radical (unpaired) electrons. The molecule has 0 spiro atoms. The third-order valence-electron chi connectivity index (χ3n) is 6.04. The van der Waals surface area contributed by atoms with E-state index in [1.807, 2.05) is 32.0 Å². The summed E-state index contributed by atoms with van der Waals surface area (Å²) in [7, 11) is 0. The average molecular weight is 409 g/mol. The van der Waals surface area contributed by atoms with Crippen LogP contribution in [0.3, 0.4) is 0 Å². The number of amides is 1. The van der Waals surface area contributed by atoms with E-state index in [-0.39, 0.29) is 29.2 Å². The number of aromatic nitrogens is 2. The molecule has 3 aliphatic rings. The van der Waals surface area contributed by atoms with Gasteiger partial charge >= 0.3 is 5.97 Å². The topological polar surface area (TPSA) is 88.6 Å². The maximum absolute atomic E-state index is 13.4. The number of anilines is 1. The van der Waals surface area contributed by atoms with E-state index in [1.165, 1.54) is 10.9 Å². The number of carboxylic acid groups (broad SMARTS) is 1. The maximum Gasteiger partial charge on any atom is 0.341 e. The van der Waals surface area contributed by atoms with E-state index in [0.717, 1.165) is 36.8 Å². The van der Waals surface area contributed by atoms with Crippen LogP contribution < -0.4 is 4.90 Å². The lowest BCUT2D eigenvalue weighted by Gasteiger charge is -2.32. The van der Waals surface area contributed by atoms with Gasteiger partial charge in [0.05, 0.1) is 12.0 Å². The molecule has 1 aromatic rings. The first kappa shape index (κ1) is 20.2. The zero-order valence-corrected chi connectivity index (χ0v) is 17.5. The molecule has 2 aliphatic carbocycles. The highest BCUT2D eigenvalue weighted by Crippen LogP contribution is 2.34. The molecule has 4 rings (SSSR count). The van der Waals surface area contributed by atoms with Crippen LogP contribution in [0.1, 0.15) is 56.8 Å². The van der Waals surface area contributed by atoms with E-state index in [2.05, 4.69) is 12.0 Å². The summed E-state index contributed by atoms with van der Waals surface area (Å²) in [4.78, 5) is 27.0. The van der Waals surface area contributed by atoms with Gasteiger partial charge in [0.2, 0.25) is 5.91 Å². The summed E-state index contributed by atoms with van der Waals surface area (Å²) in [5.74, 6) is -0.400. The Morgan fingerprint density at radius 2 is 1.93 bits per heavy atom. The first-order chi connectivity index (χ1) is 14.4. The Bertz CT molecular complexity index is 1030. The minimum Gasteiger partial charge on any atom is -0.477 e. The van der Waals surface area contributed by atoms with Gasteiger partial charge < -0.3 is 9.52 Å². The van der Waals surface area contributed by atoms with Gasteiger partial charge in [-0.05, 0) is 63.1 Å². The SMILES string of the molecule is CC1CCC(C(=O)N(c2nn(-c3ccc4ccocc3-4)cc2C(=O)O)C(C)C)CC1. The van der Waals surface area contributed by atoms with Gasteiger partial charge in [-0.2, -0.15) is 0 Å². The second kappa shape index (κ2) is 7.97. The summed E-state index contributed by atoms with van der Waals surface area (Å²) in [5.41, 5.74) is 2.53. The van der Waals surface area contributed by atoms with Crippen LogP contribution in [0.25, 0.3) is 16.8 Å². The number of carboxylic acids is 1. The smallest absolute Gasteiger partial charge is 0.341 e. The fraction of sp³-hybridized carbons (Fsp3) is 0.435. The van der Waals surface area contributed by atoms with Crippen LogP contribution in [0.4, 0.5) is 5.82 Å². The summed E-state index contributed by atoms with van der Waals surface area (Å²) < 4.78 is 6.82. The summed E-state index contributed by atoms with van der Waals surface area (Å²) in [5, 5.41) is 14.4. The highest BCUT2D eigenvalue weighted by atomic mass is 16.4. The van der Waals surface area contributed by atoms with E-state index in [0.29, 0.717) is 11.6 Å². The molecule has 1 aliphatic heterocycles. The number of nitrogens with zero attached hydrogens (tertiary/aromatic N) is 3. The van der Waals surface area contributed by atoms with Crippen LogP contribution >= 0.6 is 0 Å². The monoisotopic (exact) mass is 409 g/mol. The van der Waals surface area contributed by atoms with Crippen molar-refractivity contribution in [2.45, 2.75) is 52.5 Å². The molecule has 0 saturated heterocycles. The van der Waals surface area contributed by atoms with Crippen molar-refractivity contribution in [2.75, 3.05) is 4.90 Å². The van der Waals surface area contributed by atoms with Gasteiger partial charge in [-0.15, -0.1) is 5.10 Å². The highest BCUT2D eigenvalue weighted by Gasteiger charge is 2.34. The van der Waals surface area contributed by atoms with Gasteiger partial charge in [-0.25, -0.2) is 9.48 Å². The van der Waals surface area contributed by atoms with Crippen molar-refractivity contribution >= 4 is 17.7 Å².